The number of hydrogen-bond donors (Lipinski definition) is 2. The first-order chi connectivity index (χ1) is 7.00. The second-order valence-corrected chi connectivity index (χ2v) is 3.14. The molecule has 80 valence electrons. The Labute approximate surface area is 86.6 Å². The molecule has 1 aromatic rings. The molecule has 0 aromatic heterocycles. The molecular formula is C10H11NO4. The van der Waals surface area contributed by atoms with E-state index in [9.17, 15) is 9.59 Å². The van der Waals surface area contributed by atoms with Crippen LogP contribution >= 0.6 is 0 Å². The van der Waals surface area contributed by atoms with Gasteiger partial charge in [0.25, 0.3) is 0 Å². The van der Waals surface area contributed by atoms with Gasteiger partial charge in [-0.2, -0.15) is 0 Å². The summed E-state index contributed by atoms with van der Waals surface area (Å²) in [6.07, 6.45) is -1.05. The van der Waals surface area contributed by atoms with Gasteiger partial charge in [-0.25, -0.2) is 9.59 Å². The number of carbonyl (C=O) groups is 2. The SMILES string of the molecule is CN(Cc1cccc(C(=O)O)c1)C(=O)O. The van der Waals surface area contributed by atoms with Crippen molar-refractivity contribution in [1.82, 2.24) is 4.90 Å². The van der Waals surface area contributed by atoms with Gasteiger partial charge in [-0.15, -0.1) is 0 Å². The Balaban J connectivity index is 2.82. The van der Waals surface area contributed by atoms with E-state index in [2.05, 4.69) is 0 Å². The zero-order valence-electron chi connectivity index (χ0n) is 8.17. The van der Waals surface area contributed by atoms with E-state index in [1.54, 1.807) is 12.1 Å². The topological polar surface area (TPSA) is 77.8 Å². The molecule has 0 saturated carbocycles. The van der Waals surface area contributed by atoms with Crippen molar-refractivity contribution in [1.29, 1.82) is 0 Å². The van der Waals surface area contributed by atoms with E-state index in [4.69, 9.17) is 10.2 Å². The number of benzene rings is 1. The standard InChI is InChI=1S/C10H11NO4/c1-11(10(14)15)6-7-3-2-4-8(5-7)9(12)13/h2-5H,6H2,1H3,(H,12,13)(H,14,15). The van der Waals surface area contributed by atoms with Gasteiger partial charge in [0.15, 0.2) is 0 Å². The zero-order chi connectivity index (χ0) is 11.4. The van der Waals surface area contributed by atoms with Gasteiger partial charge in [-0.3, -0.25) is 0 Å². The van der Waals surface area contributed by atoms with E-state index in [1.165, 1.54) is 19.2 Å². The van der Waals surface area contributed by atoms with E-state index in [1.807, 2.05) is 0 Å². The van der Waals surface area contributed by atoms with E-state index in [0.29, 0.717) is 5.56 Å². The lowest BCUT2D eigenvalue weighted by molar-refractivity contribution is 0.0696. The van der Waals surface area contributed by atoms with Crippen LogP contribution in [0.15, 0.2) is 24.3 Å². The average molecular weight is 209 g/mol. The van der Waals surface area contributed by atoms with Crippen molar-refractivity contribution in [2.75, 3.05) is 7.05 Å². The summed E-state index contributed by atoms with van der Waals surface area (Å²) in [5, 5.41) is 17.4. The van der Waals surface area contributed by atoms with Crippen LogP contribution in [0.3, 0.4) is 0 Å². The first kappa shape index (κ1) is 11.0. The van der Waals surface area contributed by atoms with Gasteiger partial charge < -0.3 is 15.1 Å². The molecule has 0 atom stereocenters. The van der Waals surface area contributed by atoms with Gasteiger partial charge in [0.2, 0.25) is 0 Å². The Bertz CT molecular complexity index is 389. The van der Waals surface area contributed by atoms with E-state index < -0.39 is 12.1 Å². The summed E-state index contributed by atoms with van der Waals surface area (Å²) in [6.45, 7) is 0.177. The molecule has 5 nitrogen and oxygen atoms in total. The number of amides is 1. The molecular weight excluding hydrogens is 198 g/mol. The van der Waals surface area contributed by atoms with Gasteiger partial charge in [-0.05, 0) is 17.7 Å². The molecule has 0 aliphatic carbocycles. The third-order valence-corrected chi connectivity index (χ3v) is 1.92. The third kappa shape index (κ3) is 2.98. The van der Waals surface area contributed by atoms with E-state index in [-0.39, 0.29) is 12.1 Å². The van der Waals surface area contributed by atoms with Crippen LogP contribution in [0.1, 0.15) is 15.9 Å². The fraction of sp³-hybridized carbons (Fsp3) is 0.200. The Morgan fingerprint density at radius 1 is 1.33 bits per heavy atom. The maximum Gasteiger partial charge on any atom is 0.407 e. The largest absolute Gasteiger partial charge is 0.478 e. The predicted octanol–water partition coefficient (Wildman–Crippen LogP) is 1.49. The average Bonchev–Trinajstić information content (AvgIpc) is 2.18. The van der Waals surface area contributed by atoms with Crippen LogP contribution in [-0.2, 0) is 6.54 Å². The van der Waals surface area contributed by atoms with Gasteiger partial charge in [0, 0.05) is 13.6 Å². The number of rotatable bonds is 3. The highest BCUT2D eigenvalue weighted by Crippen LogP contribution is 2.07. The van der Waals surface area contributed by atoms with Crippen LogP contribution < -0.4 is 0 Å². The van der Waals surface area contributed by atoms with Crippen molar-refractivity contribution in [3.8, 4) is 0 Å². The van der Waals surface area contributed by atoms with Gasteiger partial charge in [-0.1, -0.05) is 12.1 Å². The minimum absolute atomic E-state index is 0.159. The van der Waals surface area contributed by atoms with Gasteiger partial charge >= 0.3 is 12.1 Å². The number of aromatic carboxylic acids is 1. The Morgan fingerprint density at radius 2 is 2.00 bits per heavy atom. The van der Waals surface area contributed by atoms with Gasteiger partial charge in [0.05, 0.1) is 5.56 Å². The van der Waals surface area contributed by atoms with Crippen LogP contribution in [0.25, 0.3) is 0 Å². The second kappa shape index (κ2) is 4.45. The van der Waals surface area contributed by atoms with E-state index in [0.717, 1.165) is 4.90 Å². The summed E-state index contributed by atoms with van der Waals surface area (Å²) < 4.78 is 0. The summed E-state index contributed by atoms with van der Waals surface area (Å²) in [7, 11) is 1.43. The molecule has 5 heteroatoms. The van der Waals surface area contributed by atoms with Crippen molar-refractivity contribution in [2.24, 2.45) is 0 Å². The fourth-order valence-electron chi connectivity index (χ4n) is 1.14. The summed E-state index contributed by atoms with van der Waals surface area (Å²) in [5.41, 5.74) is 0.811. The number of hydrogen-bond acceptors (Lipinski definition) is 2. The van der Waals surface area contributed by atoms with Gasteiger partial charge in [0.1, 0.15) is 0 Å². The second-order valence-electron chi connectivity index (χ2n) is 3.14. The molecule has 0 aliphatic heterocycles. The monoisotopic (exact) mass is 209 g/mol. The smallest absolute Gasteiger partial charge is 0.407 e. The van der Waals surface area contributed by atoms with Crippen LogP contribution in [0.4, 0.5) is 4.79 Å². The van der Waals surface area contributed by atoms with Crippen LogP contribution in [0, 0.1) is 0 Å². The molecule has 0 heterocycles. The van der Waals surface area contributed by atoms with Crippen molar-refractivity contribution >= 4 is 12.1 Å². The third-order valence-electron chi connectivity index (χ3n) is 1.92. The molecule has 0 aliphatic rings. The Kier molecular flexibility index (Phi) is 3.28. The zero-order valence-corrected chi connectivity index (χ0v) is 8.17. The Morgan fingerprint density at radius 3 is 2.53 bits per heavy atom. The maximum absolute atomic E-state index is 10.6. The van der Waals surface area contributed by atoms with Crippen molar-refractivity contribution in [2.45, 2.75) is 6.54 Å². The minimum Gasteiger partial charge on any atom is -0.478 e. The van der Waals surface area contributed by atoms with Crippen molar-refractivity contribution in [3.05, 3.63) is 35.4 Å². The highest BCUT2D eigenvalue weighted by molar-refractivity contribution is 5.87. The molecule has 0 unspecified atom stereocenters. The highest BCUT2D eigenvalue weighted by atomic mass is 16.4. The molecule has 0 spiro atoms. The quantitative estimate of drug-likeness (QED) is 0.790. The molecule has 15 heavy (non-hydrogen) atoms. The molecule has 0 fully saturated rings. The van der Waals surface area contributed by atoms with Crippen LogP contribution in [-0.4, -0.2) is 34.2 Å². The molecule has 1 aromatic carbocycles. The summed E-state index contributed by atoms with van der Waals surface area (Å²) in [6, 6.07) is 6.20. The first-order valence-electron chi connectivity index (χ1n) is 4.27. The predicted molar refractivity (Wildman–Crippen MR) is 52.9 cm³/mol. The summed E-state index contributed by atoms with van der Waals surface area (Å²) >= 11 is 0. The van der Waals surface area contributed by atoms with Crippen molar-refractivity contribution < 1.29 is 19.8 Å². The maximum atomic E-state index is 10.6. The number of carboxylic acids is 1. The molecule has 0 saturated heterocycles. The normalized spacial score (nSPS) is 9.67. The lowest BCUT2D eigenvalue weighted by atomic mass is 10.1. The summed E-state index contributed by atoms with van der Waals surface area (Å²) in [4.78, 5) is 22.3. The van der Waals surface area contributed by atoms with E-state index >= 15 is 0 Å². The molecule has 2 N–H and O–H groups in total. The molecule has 1 amide bonds. The van der Waals surface area contributed by atoms with Crippen LogP contribution in [0.5, 0.6) is 0 Å². The molecule has 0 bridgehead atoms. The minimum atomic E-state index is -1.05. The lowest BCUT2D eigenvalue weighted by Gasteiger charge is -2.12. The lowest BCUT2D eigenvalue weighted by Crippen LogP contribution is -2.23. The highest BCUT2D eigenvalue weighted by Gasteiger charge is 2.08. The first-order valence-corrected chi connectivity index (χ1v) is 4.27. The van der Waals surface area contributed by atoms with Crippen molar-refractivity contribution in [3.63, 3.8) is 0 Å². The molecule has 1 rings (SSSR count). The number of carboxylic acid groups (broad SMARTS) is 2. The number of nitrogens with zero attached hydrogens (tertiary/aromatic N) is 1. The fourth-order valence-corrected chi connectivity index (χ4v) is 1.14. The van der Waals surface area contributed by atoms with Crippen LogP contribution in [0.2, 0.25) is 0 Å². The molecule has 0 radical (unpaired) electrons. The summed E-state index contributed by atoms with van der Waals surface area (Å²) in [5.74, 6) is -1.02. The Hall–Kier alpha value is -2.04.